The fourth-order valence-electron chi connectivity index (χ4n) is 2.58. The monoisotopic (exact) mass is 201 g/mol. The summed E-state index contributed by atoms with van der Waals surface area (Å²) in [6.07, 6.45) is 2.03. The number of fused-ring (bicyclic) bond motifs is 1. The van der Waals surface area contributed by atoms with Gasteiger partial charge in [0.05, 0.1) is 12.1 Å². The van der Waals surface area contributed by atoms with E-state index in [4.69, 9.17) is 5.73 Å². The van der Waals surface area contributed by atoms with Gasteiger partial charge in [-0.25, -0.2) is 0 Å². The van der Waals surface area contributed by atoms with Gasteiger partial charge in [0.25, 0.3) is 0 Å². The molecule has 1 heterocycles. The van der Waals surface area contributed by atoms with E-state index in [-0.39, 0.29) is 5.54 Å². The molecule has 3 rings (SSSR count). The molecule has 0 saturated heterocycles. The fraction of sp³-hybridized carbons (Fsp3) is 0.417. The molecule has 0 aromatic heterocycles. The number of amidine groups is 1. The van der Waals surface area contributed by atoms with Crippen molar-refractivity contribution in [3.63, 3.8) is 0 Å². The van der Waals surface area contributed by atoms with Crippen molar-refractivity contribution in [2.24, 2.45) is 10.7 Å². The molecule has 0 amide bonds. The highest BCUT2D eigenvalue weighted by molar-refractivity contribution is 5.94. The first-order valence-corrected chi connectivity index (χ1v) is 5.47. The summed E-state index contributed by atoms with van der Waals surface area (Å²) >= 11 is 0. The van der Waals surface area contributed by atoms with Crippen LogP contribution in [0.1, 0.15) is 17.5 Å². The summed E-state index contributed by atoms with van der Waals surface area (Å²) in [6.45, 7) is 1.78. The van der Waals surface area contributed by atoms with E-state index >= 15 is 0 Å². The number of nitrogens with zero attached hydrogens (tertiary/aromatic N) is 1. The maximum Gasteiger partial charge on any atom is 0.121 e. The number of aryl methyl sites for hydroxylation is 1. The first kappa shape index (κ1) is 8.92. The molecule has 1 aliphatic heterocycles. The zero-order chi connectivity index (χ0) is 10.3. The normalized spacial score (nSPS) is 28.5. The minimum atomic E-state index is -0.354. The van der Waals surface area contributed by atoms with Gasteiger partial charge in [0.1, 0.15) is 5.84 Å². The van der Waals surface area contributed by atoms with Crippen molar-refractivity contribution >= 4 is 5.84 Å². The molecule has 0 unspecified atom stereocenters. The Morgan fingerprint density at radius 3 is 3.00 bits per heavy atom. The Morgan fingerprint density at radius 2 is 2.20 bits per heavy atom. The molecule has 1 aliphatic carbocycles. The molecule has 1 aromatic carbocycles. The van der Waals surface area contributed by atoms with Crippen LogP contribution in [0.3, 0.4) is 0 Å². The molecule has 78 valence electrons. The Morgan fingerprint density at radius 1 is 1.33 bits per heavy atom. The Balaban J connectivity index is 2.08. The van der Waals surface area contributed by atoms with Crippen LogP contribution < -0.4 is 11.1 Å². The van der Waals surface area contributed by atoms with Crippen LogP contribution in [0.25, 0.3) is 0 Å². The van der Waals surface area contributed by atoms with E-state index in [0.717, 1.165) is 31.8 Å². The Bertz CT molecular complexity index is 425. The van der Waals surface area contributed by atoms with Crippen molar-refractivity contribution in [2.75, 3.05) is 13.1 Å². The molecule has 3 nitrogen and oxygen atoms in total. The van der Waals surface area contributed by atoms with Crippen molar-refractivity contribution in [1.82, 2.24) is 5.32 Å². The molecule has 1 atom stereocenters. The summed E-state index contributed by atoms with van der Waals surface area (Å²) in [4.78, 5) is 4.47. The molecule has 2 aliphatic rings. The lowest BCUT2D eigenvalue weighted by Gasteiger charge is -2.25. The maximum atomic E-state index is 6.48. The molecule has 0 fully saturated rings. The van der Waals surface area contributed by atoms with E-state index < -0.39 is 0 Å². The van der Waals surface area contributed by atoms with Crippen LogP contribution >= 0.6 is 0 Å². The van der Waals surface area contributed by atoms with Gasteiger partial charge >= 0.3 is 0 Å². The van der Waals surface area contributed by atoms with E-state index in [0.29, 0.717) is 0 Å². The minimum absolute atomic E-state index is 0.354. The number of benzene rings is 1. The third kappa shape index (κ3) is 1.20. The zero-order valence-corrected chi connectivity index (χ0v) is 8.66. The van der Waals surface area contributed by atoms with Gasteiger partial charge in [-0.2, -0.15) is 0 Å². The molecule has 15 heavy (non-hydrogen) atoms. The molecule has 0 bridgehead atoms. The van der Waals surface area contributed by atoms with Crippen LogP contribution in [-0.2, 0) is 12.0 Å². The third-order valence-corrected chi connectivity index (χ3v) is 3.38. The molecule has 3 heteroatoms. The molecule has 0 saturated carbocycles. The topological polar surface area (TPSA) is 50.4 Å². The lowest BCUT2D eigenvalue weighted by Crippen LogP contribution is -2.48. The number of nitrogens with one attached hydrogen (secondary N) is 1. The van der Waals surface area contributed by atoms with Crippen LogP contribution in [0.4, 0.5) is 0 Å². The molecule has 1 aromatic rings. The summed E-state index contributed by atoms with van der Waals surface area (Å²) in [5.74, 6) is 0.979. The fourth-order valence-corrected chi connectivity index (χ4v) is 2.58. The number of aliphatic imine (C=N–C) groups is 1. The maximum absolute atomic E-state index is 6.48. The van der Waals surface area contributed by atoms with Crippen molar-refractivity contribution in [3.8, 4) is 0 Å². The summed E-state index contributed by atoms with van der Waals surface area (Å²) < 4.78 is 0. The van der Waals surface area contributed by atoms with Crippen LogP contribution in [0, 0.1) is 0 Å². The second-order valence-corrected chi connectivity index (χ2v) is 4.29. The highest BCUT2D eigenvalue weighted by Gasteiger charge is 2.40. The predicted molar refractivity (Wildman–Crippen MR) is 60.9 cm³/mol. The molecule has 0 spiro atoms. The van der Waals surface area contributed by atoms with Crippen molar-refractivity contribution in [3.05, 3.63) is 35.4 Å². The van der Waals surface area contributed by atoms with Gasteiger partial charge in [0.2, 0.25) is 0 Å². The van der Waals surface area contributed by atoms with Crippen molar-refractivity contribution in [1.29, 1.82) is 0 Å². The zero-order valence-electron chi connectivity index (χ0n) is 8.66. The van der Waals surface area contributed by atoms with E-state index in [9.17, 15) is 0 Å². The summed E-state index contributed by atoms with van der Waals surface area (Å²) in [5, 5.41) is 3.30. The number of rotatable bonds is 1. The highest BCUT2D eigenvalue weighted by Crippen LogP contribution is 2.35. The number of nitrogens with two attached hydrogens (primary N) is 1. The van der Waals surface area contributed by atoms with Gasteiger partial charge in [-0.3, -0.25) is 4.99 Å². The van der Waals surface area contributed by atoms with E-state index in [1.807, 2.05) is 0 Å². The lowest BCUT2D eigenvalue weighted by molar-refractivity contribution is 0.582. The quantitative estimate of drug-likeness (QED) is 0.705. The lowest BCUT2D eigenvalue weighted by atomic mass is 9.91. The number of hydrogen-bond acceptors (Lipinski definition) is 3. The highest BCUT2D eigenvalue weighted by atomic mass is 15.1. The second-order valence-electron chi connectivity index (χ2n) is 4.29. The first-order chi connectivity index (χ1) is 7.31. The van der Waals surface area contributed by atoms with Crippen LogP contribution in [0.15, 0.2) is 29.3 Å². The standard InChI is InChI=1S/C12H15N3/c13-12(11-14-7-8-15-11)6-5-9-3-1-2-4-10(9)12/h1-4H,5-8,13H2,(H,14,15)/t12-/m0/s1. The third-order valence-electron chi connectivity index (χ3n) is 3.38. The average Bonchev–Trinajstić information content (AvgIpc) is 2.88. The van der Waals surface area contributed by atoms with Crippen molar-refractivity contribution in [2.45, 2.75) is 18.4 Å². The number of hydrogen-bond donors (Lipinski definition) is 2. The van der Waals surface area contributed by atoms with Crippen LogP contribution in [0.5, 0.6) is 0 Å². The summed E-state index contributed by atoms with van der Waals surface area (Å²) in [7, 11) is 0. The Labute approximate surface area is 89.4 Å². The first-order valence-electron chi connectivity index (χ1n) is 5.47. The van der Waals surface area contributed by atoms with Crippen molar-refractivity contribution < 1.29 is 0 Å². The summed E-state index contributed by atoms with van der Waals surface area (Å²) in [5.41, 5.74) is 8.75. The van der Waals surface area contributed by atoms with E-state index in [1.54, 1.807) is 0 Å². The summed E-state index contributed by atoms with van der Waals surface area (Å²) in [6, 6.07) is 8.43. The van der Waals surface area contributed by atoms with Gasteiger partial charge in [-0.05, 0) is 24.0 Å². The van der Waals surface area contributed by atoms with Gasteiger partial charge < -0.3 is 11.1 Å². The molecular weight excluding hydrogens is 186 g/mol. The minimum Gasteiger partial charge on any atom is -0.370 e. The molecule has 0 radical (unpaired) electrons. The van der Waals surface area contributed by atoms with Gasteiger partial charge in [0, 0.05) is 6.54 Å². The molecular formula is C12H15N3. The van der Waals surface area contributed by atoms with Crippen LogP contribution in [0.2, 0.25) is 0 Å². The Kier molecular flexibility index (Phi) is 1.83. The van der Waals surface area contributed by atoms with Crippen LogP contribution in [-0.4, -0.2) is 18.9 Å². The second kappa shape index (κ2) is 3.07. The largest absolute Gasteiger partial charge is 0.370 e. The van der Waals surface area contributed by atoms with Gasteiger partial charge in [-0.1, -0.05) is 24.3 Å². The van der Waals surface area contributed by atoms with Gasteiger partial charge in [0.15, 0.2) is 0 Å². The predicted octanol–water partition coefficient (Wildman–Crippen LogP) is 0.788. The van der Waals surface area contributed by atoms with E-state index in [1.165, 1.54) is 11.1 Å². The van der Waals surface area contributed by atoms with Gasteiger partial charge in [-0.15, -0.1) is 0 Å². The van der Waals surface area contributed by atoms with E-state index in [2.05, 4.69) is 34.6 Å². The average molecular weight is 201 g/mol. The SMILES string of the molecule is N[C@@]1(C2=NCCN2)CCc2ccccc21. The molecule has 3 N–H and O–H groups in total. The Hall–Kier alpha value is -1.35. The smallest absolute Gasteiger partial charge is 0.121 e.